The Labute approximate surface area is 128 Å². The Morgan fingerprint density at radius 3 is 2.70 bits per heavy atom. The van der Waals surface area contributed by atoms with E-state index in [1.807, 2.05) is 13.8 Å². The van der Waals surface area contributed by atoms with Crippen LogP contribution in [0.5, 0.6) is 0 Å². The summed E-state index contributed by atoms with van der Waals surface area (Å²) in [4.78, 5) is 17.2. The van der Waals surface area contributed by atoms with Crippen molar-refractivity contribution in [3.8, 4) is 0 Å². The third kappa shape index (κ3) is 4.31. The quantitative estimate of drug-likeness (QED) is 0.875. The molecule has 1 aliphatic heterocycles. The van der Waals surface area contributed by atoms with Crippen LogP contribution in [-0.2, 0) is 9.53 Å². The summed E-state index contributed by atoms with van der Waals surface area (Å²) in [6, 6.07) is 1.55. The van der Waals surface area contributed by atoms with Crippen molar-refractivity contribution in [1.82, 2.24) is 4.98 Å². The molecule has 110 valence electrons. The van der Waals surface area contributed by atoms with Gasteiger partial charge in [-0.3, -0.25) is 4.79 Å². The maximum atomic E-state index is 12.0. The van der Waals surface area contributed by atoms with E-state index in [0.717, 1.165) is 13.1 Å². The molecule has 7 heteroatoms. The molecule has 2 rings (SSSR count). The second-order valence-electron chi connectivity index (χ2n) is 5.12. The number of carbonyl (C=O) groups is 1. The third-order valence-electron chi connectivity index (χ3n) is 3.09. The minimum atomic E-state index is -0.113. The summed E-state index contributed by atoms with van der Waals surface area (Å²) in [5, 5.41) is 3.49. The number of pyridine rings is 1. The minimum absolute atomic E-state index is 0.113. The van der Waals surface area contributed by atoms with E-state index >= 15 is 0 Å². The SMILES string of the molecule is C[C@@H]1C[NH+](CC(=O)Nc2ncc(Cl)cc2Cl)C[C@H](C)O1. The van der Waals surface area contributed by atoms with E-state index in [1.165, 1.54) is 11.1 Å². The van der Waals surface area contributed by atoms with Crippen molar-refractivity contribution in [2.24, 2.45) is 0 Å². The van der Waals surface area contributed by atoms with Crippen molar-refractivity contribution in [2.45, 2.75) is 26.1 Å². The van der Waals surface area contributed by atoms with Crippen molar-refractivity contribution >= 4 is 34.9 Å². The molecule has 0 aliphatic carbocycles. The molecular formula is C13H18Cl2N3O2+. The van der Waals surface area contributed by atoms with Gasteiger partial charge in [-0.05, 0) is 19.9 Å². The lowest BCUT2D eigenvalue weighted by Gasteiger charge is -2.31. The first-order valence-corrected chi connectivity index (χ1v) is 7.29. The van der Waals surface area contributed by atoms with Crippen LogP contribution in [0, 0.1) is 0 Å². The van der Waals surface area contributed by atoms with Gasteiger partial charge in [0.05, 0.1) is 10.0 Å². The zero-order valence-electron chi connectivity index (χ0n) is 11.5. The molecule has 3 atom stereocenters. The molecule has 1 amide bonds. The van der Waals surface area contributed by atoms with Gasteiger partial charge in [-0.15, -0.1) is 0 Å². The monoisotopic (exact) mass is 318 g/mol. The average molecular weight is 319 g/mol. The molecule has 1 unspecified atom stereocenters. The number of morpholine rings is 1. The highest BCUT2D eigenvalue weighted by molar-refractivity contribution is 6.36. The number of nitrogens with one attached hydrogen (secondary N) is 2. The van der Waals surface area contributed by atoms with Gasteiger partial charge in [0.1, 0.15) is 25.3 Å². The van der Waals surface area contributed by atoms with Crippen molar-refractivity contribution in [3.63, 3.8) is 0 Å². The van der Waals surface area contributed by atoms with E-state index in [4.69, 9.17) is 27.9 Å². The highest BCUT2D eigenvalue weighted by Crippen LogP contribution is 2.22. The Kier molecular flexibility index (Phi) is 5.21. The smallest absolute Gasteiger partial charge is 0.280 e. The fourth-order valence-electron chi connectivity index (χ4n) is 2.44. The number of halogens is 2. The summed E-state index contributed by atoms with van der Waals surface area (Å²) in [5.74, 6) is 0.229. The first-order valence-electron chi connectivity index (χ1n) is 6.54. The number of rotatable bonds is 3. The van der Waals surface area contributed by atoms with Gasteiger partial charge in [-0.2, -0.15) is 0 Å². The molecule has 2 N–H and O–H groups in total. The lowest BCUT2D eigenvalue weighted by Crippen LogP contribution is -3.16. The van der Waals surface area contributed by atoms with Crippen LogP contribution in [0.25, 0.3) is 0 Å². The first kappa shape index (κ1) is 15.5. The van der Waals surface area contributed by atoms with Gasteiger partial charge in [0.2, 0.25) is 0 Å². The highest BCUT2D eigenvalue weighted by atomic mass is 35.5. The molecule has 1 aliphatic rings. The molecule has 0 saturated carbocycles. The van der Waals surface area contributed by atoms with Crippen LogP contribution in [0.4, 0.5) is 5.82 Å². The van der Waals surface area contributed by atoms with Gasteiger partial charge >= 0.3 is 0 Å². The fraction of sp³-hybridized carbons (Fsp3) is 0.538. The summed E-state index contributed by atoms with van der Waals surface area (Å²) in [6.07, 6.45) is 1.78. The number of nitrogens with zero attached hydrogens (tertiary/aromatic N) is 1. The molecule has 20 heavy (non-hydrogen) atoms. The molecule has 0 radical (unpaired) electrons. The predicted octanol–water partition coefficient (Wildman–Crippen LogP) is 1.02. The second-order valence-corrected chi connectivity index (χ2v) is 5.97. The van der Waals surface area contributed by atoms with Crippen molar-refractivity contribution in [3.05, 3.63) is 22.3 Å². The number of amides is 1. The van der Waals surface area contributed by atoms with Gasteiger partial charge in [0.15, 0.2) is 12.4 Å². The molecule has 0 aromatic carbocycles. The van der Waals surface area contributed by atoms with E-state index in [9.17, 15) is 4.79 Å². The summed E-state index contributed by atoms with van der Waals surface area (Å²) >= 11 is 11.7. The van der Waals surface area contributed by atoms with Gasteiger partial charge in [-0.25, -0.2) is 4.98 Å². The molecule has 1 aromatic heterocycles. The number of hydrogen-bond acceptors (Lipinski definition) is 3. The van der Waals surface area contributed by atoms with E-state index in [-0.39, 0.29) is 18.1 Å². The molecule has 5 nitrogen and oxygen atoms in total. The van der Waals surface area contributed by atoms with Crippen LogP contribution in [0.15, 0.2) is 12.3 Å². The first-order chi connectivity index (χ1) is 9.44. The van der Waals surface area contributed by atoms with Gasteiger partial charge in [0, 0.05) is 6.20 Å². The zero-order chi connectivity index (χ0) is 14.7. The molecule has 1 saturated heterocycles. The Morgan fingerprint density at radius 2 is 2.10 bits per heavy atom. The van der Waals surface area contributed by atoms with Crippen molar-refractivity contribution in [2.75, 3.05) is 25.0 Å². The molecule has 1 aromatic rings. The van der Waals surface area contributed by atoms with Gasteiger partial charge < -0.3 is 15.0 Å². The van der Waals surface area contributed by atoms with E-state index in [0.29, 0.717) is 22.4 Å². The molecule has 2 heterocycles. The Balaban J connectivity index is 1.92. The lowest BCUT2D eigenvalue weighted by atomic mass is 10.2. The largest absolute Gasteiger partial charge is 0.364 e. The average Bonchev–Trinajstić information content (AvgIpc) is 2.31. The molecule has 0 spiro atoms. The zero-order valence-corrected chi connectivity index (χ0v) is 13.0. The van der Waals surface area contributed by atoms with E-state index in [1.54, 1.807) is 6.07 Å². The number of carbonyl (C=O) groups excluding carboxylic acids is 1. The number of anilines is 1. The molecule has 1 fully saturated rings. The highest BCUT2D eigenvalue weighted by Gasteiger charge is 2.27. The predicted molar refractivity (Wildman–Crippen MR) is 78.5 cm³/mol. The van der Waals surface area contributed by atoms with Crippen LogP contribution in [0.3, 0.4) is 0 Å². The van der Waals surface area contributed by atoms with Crippen LogP contribution in [0.2, 0.25) is 10.0 Å². The number of ether oxygens (including phenoxy) is 1. The number of quaternary nitrogens is 1. The normalized spacial score (nSPS) is 26.3. The third-order valence-corrected chi connectivity index (χ3v) is 3.59. The van der Waals surface area contributed by atoms with Crippen molar-refractivity contribution in [1.29, 1.82) is 0 Å². The van der Waals surface area contributed by atoms with Crippen LogP contribution in [0.1, 0.15) is 13.8 Å². The number of aromatic nitrogens is 1. The van der Waals surface area contributed by atoms with Crippen LogP contribution < -0.4 is 10.2 Å². The Bertz CT molecular complexity index is 489. The summed E-state index contributed by atoms with van der Waals surface area (Å²) in [6.45, 7) is 6.05. The Morgan fingerprint density at radius 1 is 1.45 bits per heavy atom. The van der Waals surface area contributed by atoms with E-state index in [2.05, 4.69) is 10.3 Å². The lowest BCUT2D eigenvalue weighted by molar-refractivity contribution is -0.907. The number of hydrogen-bond donors (Lipinski definition) is 2. The maximum Gasteiger partial charge on any atom is 0.280 e. The standard InChI is InChI=1S/C13H17Cl2N3O2/c1-8-5-18(6-9(2)20-8)7-12(19)17-13-11(15)3-10(14)4-16-13/h3-4,8-9H,5-7H2,1-2H3,(H,16,17,19)/p+1/t8-,9+. The Hall–Kier alpha value is -0.880. The summed E-state index contributed by atoms with van der Waals surface area (Å²) in [7, 11) is 0. The molecular weight excluding hydrogens is 301 g/mol. The van der Waals surface area contributed by atoms with Crippen LogP contribution in [-0.4, -0.2) is 42.7 Å². The minimum Gasteiger partial charge on any atom is -0.364 e. The van der Waals surface area contributed by atoms with Gasteiger partial charge in [0.25, 0.3) is 5.91 Å². The van der Waals surface area contributed by atoms with Gasteiger partial charge in [-0.1, -0.05) is 23.2 Å². The van der Waals surface area contributed by atoms with E-state index < -0.39 is 0 Å². The summed E-state index contributed by atoms with van der Waals surface area (Å²) in [5.41, 5.74) is 0. The summed E-state index contributed by atoms with van der Waals surface area (Å²) < 4.78 is 5.65. The molecule has 0 bridgehead atoms. The second kappa shape index (κ2) is 6.72. The topological polar surface area (TPSA) is 55.7 Å². The maximum absolute atomic E-state index is 12.0. The van der Waals surface area contributed by atoms with Crippen LogP contribution >= 0.6 is 23.2 Å². The van der Waals surface area contributed by atoms with Crippen molar-refractivity contribution < 1.29 is 14.4 Å². The fourth-order valence-corrected chi connectivity index (χ4v) is 2.87.